The van der Waals surface area contributed by atoms with Crippen LogP contribution in [-0.2, 0) is 13.1 Å². The fourth-order valence-electron chi connectivity index (χ4n) is 3.29. The average Bonchev–Trinajstić information content (AvgIpc) is 3.36. The largest absolute Gasteiger partial charge is 0.494 e. The predicted molar refractivity (Wildman–Crippen MR) is 113 cm³/mol. The fourth-order valence-corrected chi connectivity index (χ4v) is 3.29. The predicted octanol–water partition coefficient (Wildman–Crippen LogP) is 4.73. The summed E-state index contributed by atoms with van der Waals surface area (Å²) in [6, 6.07) is 17.9. The Balaban J connectivity index is 1.47. The van der Waals surface area contributed by atoms with Gasteiger partial charge in [0, 0.05) is 12.1 Å². The van der Waals surface area contributed by atoms with Crippen LogP contribution >= 0.6 is 0 Å². The molecule has 2 aromatic heterocycles. The van der Waals surface area contributed by atoms with Gasteiger partial charge in [-0.25, -0.2) is 0 Å². The Hall–Kier alpha value is -3.45. The molecule has 0 bridgehead atoms. The molecule has 0 N–H and O–H groups in total. The molecular weight excluding hydrogens is 380 g/mol. The minimum absolute atomic E-state index is 0.414. The standard InChI is InChI=1S/C23H24N4O3/c1-4-28-19-12-10-17(11-13-19)14-27(3)15-20-24-25-23(29-20)21-16(2)30-26-22(21)18-8-6-5-7-9-18/h5-13H,4,14-15H2,1-3H3. The maximum absolute atomic E-state index is 5.95. The topological polar surface area (TPSA) is 77.4 Å². The lowest BCUT2D eigenvalue weighted by molar-refractivity contribution is 0.282. The molecule has 0 aliphatic heterocycles. The second-order valence-corrected chi connectivity index (χ2v) is 7.08. The van der Waals surface area contributed by atoms with Crippen LogP contribution < -0.4 is 4.74 Å². The van der Waals surface area contributed by atoms with E-state index in [4.69, 9.17) is 13.7 Å². The van der Waals surface area contributed by atoms with E-state index < -0.39 is 0 Å². The molecule has 154 valence electrons. The molecule has 0 saturated heterocycles. The molecule has 0 aliphatic rings. The molecule has 30 heavy (non-hydrogen) atoms. The Labute approximate surface area is 175 Å². The molecule has 2 heterocycles. The van der Waals surface area contributed by atoms with Gasteiger partial charge < -0.3 is 13.7 Å². The fraction of sp³-hybridized carbons (Fsp3) is 0.261. The summed E-state index contributed by atoms with van der Waals surface area (Å²) in [4.78, 5) is 2.12. The van der Waals surface area contributed by atoms with Crippen LogP contribution in [0.2, 0.25) is 0 Å². The lowest BCUT2D eigenvalue weighted by atomic mass is 10.1. The zero-order chi connectivity index (χ0) is 20.9. The number of benzene rings is 2. The normalized spacial score (nSPS) is 11.2. The lowest BCUT2D eigenvalue weighted by Crippen LogP contribution is -2.17. The summed E-state index contributed by atoms with van der Waals surface area (Å²) in [7, 11) is 2.01. The zero-order valence-electron chi connectivity index (χ0n) is 17.3. The molecule has 0 atom stereocenters. The van der Waals surface area contributed by atoms with Crippen molar-refractivity contribution in [3.63, 3.8) is 0 Å². The van der Waals surface area contributed by atoms with E-state index in [1.54, 1.807) is 0 Å². The lowest BCUT2D eigenvalue weighted by Gasteiger charge is -2.14. The van der Waals surface area contributed by atoms with Gasteiger partial charge in [0.2, 0.25) is 5.89 Å². The average molecular weight is 404 g/mol. The second kappa shape index (κ2) is 8.92. The smallest absolute Gasteiger partial charge is 0.253 e. The Kier molecular flexibility index (Phi) is 5.90. The highest BCUT2D eigenvalue weighted by Crippen LogP contribution is 2.33. The molecule has 0 unspecified atom stereocenters. The summed E-state index contributed by atoms with van der Waals surface area (Å²) in [6.07, 6.45) is 0. The van der Waals surface area contributed by atoms with Crippen LogP contribution in [0.3, 0.4) is 0 Å². The van der Waals surface area contributed by atoms with Gasteiger partial charge in [0.1, 0.15) is 22.8 Å². The molecule has 0 aliphatic carbocycles. The Morgan fingerprint density at radius 3 is 2.47 bits per heavy atom. The number of hydrogen-bond donors (Lipinski definition) is 0. The highest BCUT2D eigenvalue weighted by atomic mass is 16.5. The van der Waals surface area contributed by atoms with Gasteiger partial charge in [-0.1, -0.05) is 47.6 Å². The second-order valence-electron chi connectivity index (χ2n) is 7.08. The Morgan fingerprint density at radius 1 is 0.967 bits per heavy atom. The third-order valence-electron chi connectivity index (χ3n) is 4.68. The van der Waals surface area contributed by atoms with Crippen molar-refractivity contribution in [2.24, 2.45) is 0 Å². The number of nitrogens with zero attached hydrogens (tertiary/aromatic N) is 4. The van der Waals surface area contributed by atoms with E-state index in [1.165, 1.54) is 5.56 Å². The van der Waals surface area contributed by atoms with Crippen LogP contribution in [0.15, 0.2) is 63.5 Å². The third kappa shape index (κ3) is 4.41. The summed E-state index contributed by atoms with van der Waals surface area (Å²) < 4.78 is 16.8. The van der Waals surface area contributed by atoms with Gasteiger partial charge in [-0.15, -0.1) is 10.2 Å². The van der Waals surface area contributed by atoms with Crippen molar-refractivity contribution in [3.05, 3.63) is 71.8 Å². The first-order chi connectivity index (χ1) is 14.6. The number of aryl methyl sites for hydroxylation is 1. The number of ether oxygens (including phenoxy) is 1. The summed E-state index contributed by atoms with van der Waals surface area (Å²) in [5.41, 5.74) is 3.55. The van der Waals surface area contributed by atoms with Gasteiger partial charge in [-0.05, 0) is 38.6 Å². The van der Waals surface area contributed by atoms with Crippen LogP contribution in [0.1, 0.15) is 24.1 Å². The van der Waals surface area contributed by atoms with Crippen molar-refractivity contribution >= 4 is 0 Å². The van der Waals surface area contributed by atoms with Gasteiger partial charge in [0.25, 0.3) is 5.89 Å². The summed E-state index contributed by atoms with van der Waals surface area (Å²) in [5.74, 6) is 2.48. The molecule has 7 heteroatoms. The SMILES string of the molecule is CCOc1ccc(CN(C)Cc2nnc(-c3c(-c4ccccc4)noc3C)o2)cc1. The first-order valence-corrected chi connectivity index (χ1v) is 9.88. The molecule has 0 amide bonds. The van der Waals surface area contributed by atoms with Gasteiger partial charge in [-0.2, -0.15) is 0 Å². The van der Waals surface area contributed by atoms with Crippen LogP contribution in [0.4, 0.5) is 0 Å². The minimum atomic E-state index is 0.414. The van der Waals surface area contributed by atoms with Crippen LogP contribution in [-0.4, -0.2) is 33.9 Å². The van der Waals surface area contributed by atoms with Gasteiger partial charge in [0.05, 0.1) is 13.2 Å². The maximum Gasteiger partial charge on any atom is 0.253 e. The van der Waals surface area contributed by atoms with Gasteiger partial charge >= 0.3 is 0 Å². The van der Waals surface area contributed by atoms with Crippen molar-refractivity contribution in [1.82, 2.24) is 20.3 Å². The molecule has 2 aromatic carbocycles. The quantitative estimate of drug-likeness (QED) is 0.420. The van der Waals surface area contributed by atoms with E-state index in [1.807, 2.05) is 63.4 Å². The third-order valence-corrected chi connectivity index (χ3v) is 4.68. The molecule has 0 radical (unpaired) electrons. The van der Waals surface area contributed by atoms with Crippen molar-refractivity contribution in [2.75, 3.05) is 13.7 Å². The minimum Gasteiger partial charge on any atom is -0.494 e. The molecule has 4 rings (SSSR count). The molecule has 7 nitrogen and oxygen atoms in total. The zero-order valence-corrected chi connectivity index (χ0v) is 17.3. The molecular formula is C23H24N4O3. The van der Waals surface area contributed by atoms with Gasteiger partial charge in [0.15, 0.2) is 0 Å². The van der Waals surface area contributed by atoms with E-state index >= 15 is 0 Å². The Morgan fingerprint density at radius 2 is 1.73 bits per heavy atom. The number of aromatic nitrogens is 3. The number of rotatable bonds is 8. The van der Waals surface area contributed by atoms with Crippen LogP contribution in [0.5, 0.6) is 5.75 Å². The highest BCUT2D eigenvalue weighted by molar-refractivity contribution is 5.77. The number of hydrogen-bond acceptors (Lipinski definition) is 7. The molecule has 0 spiro atoms. The van der Waals surface area contributed by atoms with Crippen molar-refractivity contribution in [2.45, 2.75) is 26.9 Å². The summed E-state index contributed by atoms with van der Waals surface area (Å²) >= 11 is 0. The maximum atomic E-state index is 5.95. The summed E-state index contributed by atoms with van der Waals surface area (Å²) in [6.45, 7) is 5.77. The van der Waals surface area contributed by atoms with E-state index in [2.05, 4.69) is 32.4 Å². The highest BCUT2D eigenvalue weighted by Gasteiger charge is 2.22. The first kappa shape index (κ1) is 19.8. The van der Waals surface area contributed by atoms with E-state index in [0.29, 0.717) is 36.4 Å². The summed E-state index contributed by atoms with van der Waals surface area (Å²) in [5, 5.41) is 12.6. The molecule has 4 aromatic rings. The Bertz CT molecular complexity index is 1090. The van der Waals surface area contributed by atoms with Crippen molar-refractivity contribution in [3.8, 4) is 28.5 Å². The van der Waals surface area contributed by atoms with Crippen LogP contribution in [0.25, 0.3) is 22.7 Å². The van der Waals surface area contributed by atoms with Crippen LogP contribution in [0, 0.1) is 6.92 Å². The van der Waals surface area contributed by atoms with Crippen molar-refractivity contribution in [1.29, 1.82) is 0 Å². The van der Waals surface area contributed by atoms with E-state index in [9.17, 15) is 0 Å². The van der Waals surface area contributed by atoms with E-state index in [0.717, 1.165) is 23.4 Å². The first-order valence-electron chi connectivity index (χ1n) is 9.88. The molecule has 0 saturated carbocycles. The van der Waals surface area contributed by atoms with Gasteiger partial charge in [-0.3, -0.25) is 4.90 Å². The van der Waals surface area contributed by atoms with Crippen molar-refractivity contribution < 1.29 is 13.7 Å². The molecule has 0 fully saturated rings. The van der Waals surface area contributed by atoms with E-state index in [-0.39, 0.29) is 0 Å². The monoisotopic (exact) mass is 404 g/mol.